The molecule has 1 aromatic carbocycles. The van der Waals surface area contributed by atoms with E-state index in [4.69, 9.17) is 11.6 Å². The van der Waals surface area contributed by atoms with Crippen LogP contribution in [-0.4, -0.2) is 74.2 Å². The summed E-state index contributed by atoms with van der Waals surface area (Å²) in [6.45, 7) is 7.35. The van der Waals surface area contributed by atoms with Crippen molar-refractivity contribution >= 4 is 27.5 Å². The van der Waals surface area contributed by atoms with Crippen LogP contribution in [0.25, 0.3) is 0 Å². The van der Waals surface area contributed by atoms with E-state index in [0.29, 0.717) is 36.5 Å². The highest BCUT2D eigenvalue weighted by Gasteiger charge is 2.34. The molecule has 0 saturated carbocycles. The number of carbonyl (C=O) groups excluding carboxylic acids is 1. The topological polar surface area (TPSA) is 60.9 Å². The van der Waals surface area contributed by atoms with Crippen LogP contribution < -0.4 is 0 Å². The lowest BCUT2D eigenvalue weighted by atomic mass is 9.96. The highest BCUT2D eigenvalue weighted by Crippen LogP contribution is 2.25. The van der Waals surface area contributed by atoms with Gasteiger partial charge in [0.05, 0.1) is 5.75 Å². The maximum Gasteiger partial charge on any atom is 0.225 e. The van der Waals surface area contributed by atoms with Crippen molar-refractivity contribution in [1.82, 2.24) is 14.1 Å². The lowest BCUT2D eigenvalue weighted by Crippen LogP contribution is -2.51. The predicted octanol–water partition coefficient (Wildman–Crippen LogP) is 2.05. The zero-order valence-corrected chi connectivity index (χ0v) is 17.4. The molecule has 0 atom stereocenters. The molecule has 0 bridgehead atoms. The molecule has 0 unspecified atom stereocenters. The average molecular weight is 414 g/mol. The maximum atomic E-state index is 12.8. The first-order chi connectivity index (χ1) is 12.9. The fourth-order valence-electron chi connectivity index (χ4n) is 3.83. The van der Waals surface area contributed by atoms with Crippen LogP contribution in [0.15, 0.2) is 24.3 Å². The molecule has 2 aliphatic heterocycles. The molecule has 150 valence electrons. The van der Waals surface area contributed by atoms with E-state index >= 15 is 0 Å². The Morgan fingerprint density at radius 3 is 2.30 bits per heavy atom. The van der Waals surface area contributed by atoms with Gasteiger partial charge in [0, 0.05) is 50.2 Å². The van der Waals surface area contributed by atoms with E-state index in [1.54, 1.807) is 24.3 Å². The minimum absolute atomic E-state index is 0.0649. The third kappa shape index (κ3) is 5.02. The number of piperidine rings is 1. The first kappa shape index (κ1) is 20.6. The monoisotopic (exact) mass is 413 g/mol. The van der Waals surface area contributed by atoms with Crippen LogP contribution >= 0.6 is 11.6 Å². The summed E-state index contributed by atoms with van der Waals surface area (Å²) >= 11 is 6.10. The molecular formula is C19H28ClN3O3S. The molecular weight excluding hydrogens is 386 g/mol. The van der Waals surface area contributed by atoms with Crippen molar-refractivity contribution in [3.8, 4) is 0 Å². The van der Waals surface area contributed by atoms with Crippen molar-refractivity contribution in [2.75, 3.05) is 45.8 Å². The highest BCUT2D eigenvalue weighted by molar-refractivity contribution is 7.88. The number of hydrogen-bond acceptors (Lipinski definition) is 4. The van der Waals surface area contributed by atoms with E-state index in [9.17, 15) is 13.2 Å². The second-order valence-corrected chi connectivity index (χ2v) is 9.66. The number of hydrogen-bond donors (Lipinski definition) is 0. The number of halogens is 1. The molecule has 2 saturated heterocycles. The van der Waals surface area contributed by atoms with Crippen molar-refractivity contribution < 1.29 is 13.2 Å². The van der Waals surface area contributed by atoms with Gasteiger partial charge in [-0.05, 0) is 31.0 Å². The summed E-state index contributed by atoms with van der Waals surface area (Å²) in [5.41, 5.74) is 0.617. The van der Waals surface area contributed by atoms with Gasteiger partial charge in [-0.15, -0.1) is 0 Å². The van der Waals surface area contributed by atoms with E-state index in [0.717, 1.165) is 32.7 Å². The van der Waals surface area contributed by atoms with Crippen molar-refractivity contribution in [3.05, 3.63) is 34.9 Å². The molecule has 0 aliphatic carbocycles. The Balaban J connectivity index is 1.54. The average Bonchev–Trinajstić information content (AvgIpc) is 2.69. The van der Waals surface area contributed by atoms with Crippen molar-refractivity contribution in [3.63, 3.8) is 0 Å². The lowest BCUT2D eigenvalue weighted by molar-refractivity contribution is -0.138. The van der Waals surface area contributed by atoms with Gasteiger partial charge in [-0.25, -0.2) is 12.7 Å². The van der Waals surface area contributed by atoms with Gasteiger partial charge < -0.3 is 9.80 Å². The molecule has 2 aliphatic rings. The Kier molecular flexibility index (Phi) is 6.78. The smallest absolute Gasteiger partial charge is 0.225 e. The molecule has 6 nitrogen and oxygen atoms in total. The molecule has 1 amide bonds. The largest absolute Gasteiger partial charge is 0.340 e. The third-order valence-electron chi connectivity index (χ3n) is 5.62. The number of benzene rings is 1. The van der Waals surface area contributed by atoms with Gasteiger partial charge in [-0.1, -0.05) is 36.7 Å². The summed E-state index contributed by atoms with van der Waals surface area (Å²) < 4.78 is 27.0. The summed E-state index contributed by atoms with van der Waals surface area (Å²) in [5, 5.41) is 0.470. The summed E-state index contributed by atoms with van der Waals surface area (Å²) in [7, 11) is -3.43. The Morgan fingerprint density at radius 2 is 1.70 bits per heavy atom. The van der Waals surface area contributed by atoms with Crippen molar-refractivity contribution in [1.29, 1.82) is 0 Å². The van der Waals surface area contributed by atoms with Gasteiger partial charge in [0.15, 0.2) is 0 Å². The van der Waals surface area contributed by atoms with E-state index in [1.165, 1.54) is 4.31 Å². The van der Waals surface area contributed by atoms with Crippen LogP contribution in [0.2, 0.25) is 5.02 Å². The zero-order valence-electron chi connectivity index (χ0n) is 15.8. The van der Waals surface area contributed by atoms with Crippen molar-refractivity contribution in [2.45, 2.75) is 25.5 Å². The van der Waals surface area contributed by atoms with Crippen LogP contribution in [0, 0.1) is 5.92 Å². The lowest BCUT2D eigenvalue weighted by Gasteiger charge is -2.38. The van der Waals surface area contributed by atoms with Crippen LogP contribution in [0.1, 0.15) is 25.3 Å². The molecule has 2 heterocycles. The van der Waals surface area contributed by atoms with E-state index < -0.39 is 10.0 Å². The van der Waals surface area contributed by atoms with Gasteiger partial charge >= 0.3 is 0 Å². The van der Waals surface area contributed by atoms with Gasteiger partial charge in [0.2, 0.25) is 15.9 Å². The first-order valence-electron chi connectivity index (χ1n) is 9.63. The van der Waals surface area contributed by atoms with Crippen LogP contribution in [0.3, 0.4) is 0 Å². The molecule has 0 spiro atoms. The highest BCUT2D eigenvalue weighted by atomic mass is 35.5. The van der Waals surface area contributed by atoms with Gasteiger partial charge in [0.1, 0.15) is 0 Å². The Labute approximate surface area is 167 Å². The maximum absolute atomic E-state index is 12.8. The minimum atomic E-state index is -3.43. The number of piperazine rings is 1. The predicted molar refractivity (Wildman–Crippen MR) is 107 cm³/mol. The Hall–Kier alpha value is -1.15. The van der Waals surface area contributed by atoms with E-state index in [1.807, 2.05) is 4.90 Å². The van der Waals surface area contributed by atoms with E-state index in [2.05, 4.69) is 11.8 Å². The molecule has 0 N–H and O–H groups in total. The third-order valence-corrected chi connectivity index (χ3v) is 7.82. The van der Waals surface area contributed by atoms with Crippen LogP contribution in [0.4, 0.5) is 0 Å². The first-order valence-corrected chi connectivity index (χ1v) is 11.6. The molecule has 0 radical (unpaired) electrons. The molecule has 8 heteroatoms. The minimum Gasteiger partial charge on any atom is -0.340 e. The summed E-state index contributed by atoms with van der Waals surface area (Å²) in [4.78, 5) is 17.1. The SMILES string of the molecule is CCN1CCN(C(=O)C2CCN(S(=O)(=O)Cc3ccccc3Cl)CC2)CC1. The number of rotatable bonds is 5. The number of amides is 1. The van der Waals surface area contributed by atoms with Crippen molar-refractivity contribution in [2.24, 2.45) is 5.92 Å². The number of likely N-dealkylation sites (N-methyl/N-ethyl adjacent to an activating group) is 1. The van der Waals surface area contributed by atoms with Gasteiger partial charge in [-0.2, -0.15) is 0 Å². The molecule has 2 fully saturated rings. The van der Waals surface area contributed by atoms with E-state index in [-0.39, 0.29) is 17.6 Å². The molecule has 3 rings (SSSR count). The van der Waals surface area contributed by atoms with Gasteiger partial charge in [0.25, 0.3) is 0 Å². The van der Waals surface area contributed by atoms with Crippen LogP contribution in [-0.2, 0) is 20.6 Å². The Bertz CT molecular complexity index is 755. The summed E-state index contributed by atoms with van der Waals surface area (Å²) in [6.07, 6.45) is 1.18. The Morgan fingerprint density at radius 1 is 1.07 bits per heavy atom. The number of carbonyl (C=O) groups is 1. The fraction of sp³-hybridized carbons (Fsp3) is 0.632. The quantitative estimate of drug-likeness (QED) is 0.741. The zero-order chi connectivity index (χ0) is 19.4. The van der Waals surface area contributed by atoms with Gasteiger partial charge in [-0.3, -0.25) is 4.79 Å². The van der Waals surface area contributed by atoms with Crippen LogP contribution in [0.5, 0.6) is 0 Å². The second kappa shape index (κ2) is 8.90. The standard InChI is InChI=1S/C19H28ClN3O3S/c1-2-21-11-13-22(14-12-21)19(24)16-7-9-23(10-8-16)27(25,26)15-17-5-3-4-6-18(17)20/h3-6,16H,2,7-15H2,1H3. The summed E-state index contributed by atoms with van der Waals surface area (Å²) in [5.74, 6) is 0.0309. The fourth-order valence-corrected chi connectivity index (χ4v) is 5.70. The molecule has 0 aromatic heterocycles. The second-order valence-electron chi connectivity index (χ2n) is 7.28. The number of nitrogens with zero attached hydrogens (tertiary/aromatic N) is 3. The molecule has 27 heavy (non-hydrogen) atoms. The number of sulfonamides is 1. The molecule has 1 aromatic rings. The normalized spacial score (nSPS) is 20.7. The summed E-state index contributed by atoms with van der Waals surface area (Å²) in [6, 6.07) is 7.03.